The van der Waals surface area contributed by atoms with Gasteiger partial charge in [-0.1, -0.05) is 72.8 Å². The summed E-state index contributed by atoms with van der Waals surface area (Å²) in [5, 5.41) is 13.3. The molecule has 390 valence electrons. The fourth-order valence-corrected chi connectivity index (χ4v) is 17.0. The summed E-state index contributed by atoms with van der Waals surface area (Å²) in [6.45, 7) is 18.3. The van der Waals surface area contributed by atoms with Crippen LogP contribution in [0.15, 0.2) is 121 Å². The van der Waals surface area contributed by atoms with Crippen LogP contribution in [-0.2, 0) is 24.3 Å². The normalized spacial score (nSPS) is 10.8. The summed E-state index contributed by atoms with van der Waals surface area (Å²) in [5.74, 6) is 0. The van der Waals surface area contributed by atoms with E-state index in [9.17, 15) is 4.79 Å². The quantitative estimate of drug-likeness (QED) is 0.0904. The number of amides is 1. The van der Waals surface area contributed by atoms with Gasteiger partial charge in [0.2, 0.25) is 6.41 Å². The molecule has 8 rings (SSSR count). The van der Waals surface area contributed by atoms with Gasteiger partial charge in [0.05, 0.1) is 0 Å². The number of halogens is 2. The molecule has 0 aliphatic heterocycles. The van der Waals surface area contributed by atoms with Crippen LogP contribution in [0.3, 0.4) is 0 Å². The second-order valence-corrected chi connectivity index (χ2v) is 24.8. The maximum Gasteiger partial charge on any atom is 2.00 e. The molecule has 0 radical (unpaired) electrons. The molecule has 0 bridgehead atoms. The van der Waals surface area contributed by atoms with Crippen LogP contribution >= 0.6 is 15.8 Å². The third kappa shape index (κ3) is 12.5. The molecule has 11 heteroatoms. The summed E-state index contributed by atoms with van der Waals surface area (Å²) in [4.78, 5) is 20.0. The fourth-order valence-electron chi connectivity index (χ4n) is 11.3. The van der Waals surface area contributed by atoms with Crippen molar-refractivity contribution in [1.29, 1.82) is 0 Å². The number of carbonyl (C=O) groups is 1. The molecule has 0 saturated heterocycles. The van der Waals surface area contributed by atoms with Gasteiger partial charge in [0.15, 0.2) is 0 Å². The third-order valence-electron chi connectivity index (χ3n) is 13.5. The standard InChI is InChI=1S/C60H68N4P2.C3H7NO.2ClH.Ru/c1-37-29-47(30-38(2)57(37)61(9)10)65(48-31-39(3)58(62(11)12)40(4)32-48)53-27-25-45-21-17-19-23-51(45)55(53)56-52-24-20-18-22-46(52)26-28-54(56)66(49-33-41(5)59(63(13)14)42(6)34-49)50-35-43(7)60(64(15)16)44(8)36-50;1-4(2)3-5;;;/h17-36H,1-16H3;3H,1-2H3;2*1H;/q;;;;+2/p-2. The predicted octanol–water partition coefficient (Wildman–Crippen LogP) is 5.62. The van der Waals surface area contributed by atoms with E-state index in [-0.39, 0.29) is 44.3 Å². The monoisotopic (exact) mass is 1150 g/mol. The van der Waals surface area contributed by atoms with Crippen molar-refractivity contribution in [1.82, 2.24) is 4.90 Å². The maximum absolute atomic E-state index is 9.43. The van der Waals surface area contributed by atoms with Crippen LogP contribution < -0.4 is 76.2 Å². The van der Waals surface area contributed by atoms with E-state index in [4.69, 9.17) is 0 Å². The van der Waals surface area contributed by atoms with E-state index in [2.05, 4.69) is 253 Å². The van der Waals surface area contributed by atoms with Crippen molar-refractivity contribution in [3.63, 3.8) is 0 Å². The minimum atomic E-state index is -1.07. The number of anilines is 4. The smallest absolute Gasteiger partial charge is 1.00 e. The van der Waals surface area contributed by atoms with Crippen molar-refractivity contribution >= 4 is 98.4 Å². The molecular formula is C63H75Cl2N5OP2Ru. The first-order chi connectivity index (χ1) is 33.6. The summed E-state index contributed by atoms with van der Waals surface area (Å²) < 4.78 is 0. The van der Waals surface area contributed by atoms with Crippen molar-refractivity contribution in [2.45, 2.75) is 55.4 Å². The maximum atomic E-state index is 9.43. The Morgan fingerprint density at radius 2 is 0.568 bits per heavy atom. The Labute approximate surface area is 471 Å². The Morgan fingerprint density at radius 1 is 0.351 bits per heavy atom. The van der Waals surface area contributed by atoms with Crippen LogP contribution in [0.5, 0.6) is 0 Å². The zero-order valence-electron chi connectivity index (χ0n) is 46.8. The molecule has 0 atom stereocenters. The van der Waals surface area contributed by atoms with Gasteiger partial charge >= 0.3 is 19.5 Å². The van der Waals surface area contributed by atoms with Crippen LogP contribution in [0.1, 0.15) is 44.5 Å². The van der Waals surface area contributed by atoms with Crippen LogP contribution in [0.2, 0.25) is 0 Å². The van der Waals surface area contributed by atoms with Gasteiger partial charge in [0.1, 0.15) is 0 Å². The van der Waals surface area contributed by atoms with E-state index in [1.54, 1.807) is 14.1 Å². The van der Waals surface area contributed by atoms with E-state index < -0.39 is 15.8 Å². The number of nitrogens with zero attached hydrogens (tertiary/aromatic N) is 5. The minimum Gasteiger partial charge on any atom is -1.00 e. The van der Waals surface area contributed by atoms with Gasteiger partial charge in [-0.2, -0.15) is 0 Å². The predicted molar refractivity (Wildman–Crippen MR) is 319 cm³/mol. The summed E-state index contributed by atoms with van der Waals surface area (Å²) in [5.41, 5.74) is 18.3. The molecule has 0 fully saturated rings. The van der Waals surface area contributed by atoms with Gasteiger partial charge < -0.3 is 49.3 Å². The first-order valence-electron chi connectivity index (χ1n) is 24.5. The molecule has 8 aromatic carbocycles. The molecule has 0 spiro atoms. The Morgan fingerprint density at radius 3 is 0.770 bits per heavy atom. The van der Waals surface area contributed by atoms with Crippen LogP contribution in [-0.4, -0.2) is 81.8 Å². The fraction of sp³-hybridized carbons (Fsp3) is 0.286. The van der Waals surface area contributed by atoms with E-state index in [0.717, 1.165) is 6.41 Å². The van der Waals surface area contributed by atoms with Crippen molar-refractivity contribution in [2.75, 3.05) is 90.1 Å². The van der Waals surface area contributed by atoms with Crippen molar-refractivity contribution < 1.29 is 49.1 Å². The minimum absolute atomic E-state index is 0. The van der Waals surface area contributed by atoms with Crippen molar-refractivity contribution in [3.05, 3.63) is 166 Å². The van der Waals surface area contributed by atoms with E-state index in [1.807, 2.05) is 0 Å². The first-order valence-corrected chi connectivity index (χ1v) is 27.2. The number of rotatable bonds is 12. The Bertz CT molecular complexity index is 2870. The molecule has 74 heavy (non-hydrogen) atoms. The summed E-state index contributed by atoms with van der Waals surface area (Å²) in [6.07, 6.45) is 0.750. The summed E-state index contributed by atoms with van der Waals surface area (Å²) >= 11 is 0. The molecule has 0 aromatic heterocycles. The molecule has 0 heterocycles. The SMILES string of the molecule is CN(C)C=O.Cc1cc(P(c2cc(C)c(N(C)C)c(C)c2)c2ccc3ccccc3c2-c2c(P(c3cc(C)c(N(C)C)c(C)c3)c3cc(C)c(N(C)C)c(C)c3)ccc3ccccc23)cc(C)c1N(C)C.[Cl-].[Cl-].[Ru+2]. The van der Waals surface area contributed by atoms with Gasteiger partial charge in [0, 0.05) is 93.2 Å². The van der Waals surface area contributed by atoms with Gasteiger partial charge in [-0.3, -0.25) is 4.79 Å². The van der Waals surface area contributed by atoms with Gasteiger partial charge in [0.25, 0.3) is 0 Å². The molecule has 8 aromatic rings. The number of aryl methyl sites for hydroxylation is 8. The van der Waals surface area contributed by atoms with Crippen LogP contribution in [0.4, 0.5) is 22.7 Å². The number of hydrogen-bond donors (Lipinski definition) is 0. The molecule has 6 nitrogen and oxygen atoms in total. The summed E-state index contributed by atoms with van der Waals surface area (Å²) in [6, 6.07) is 47.9. The number of benzene rings is 8. The molecule has 0 aliphatic carbocycles. The van der Waals surface area contributed by atoms with Gasteiger partial charge in [-0.15, -0.1) is 0 Å². The van der Waals surface area contributed by atoms with E-state index >= 15 is 0 Å². The Balaban J connectivity index is 0.00000141. The number of hydrogen-bond acceptors (Lipinski definition) is 5. The Kier molecular flexibility index (Phi) is 21.4. The van der Waals surface area contributed by atoms with Crippen LogP contribution in [0, 0.1) is 55.4 Å². The second kappa shape index (κ2) is 25.7. The van der Waals surface area contributed by atoms with Gasteiger partial charge in [-0.05, 0) is 229 Å². The molecule has 1 amide bonds. The summed E-state index contributed by atoms with van der Waals surface area (Å²) in [7, 11) is 18.6. The topological polar surface area (TPSA) is 33.3 Å². The molecule has 0 N–H and O–H groups in total. The zero-order valence-corrected chi connectivity index (χ0v) is 51.8. The molecule has 0 unspecified atom stereocenters. The number of carbonyl (C=O) groups excluding carboxylic acids is 1. The van der Waals surface area contributed by atoms with E-state index in [0.29, 0.717) is 0 Å². The van der Waals surface area contributed by atoms with Crippen LogP contribution in [0.25, 0.3) is 32.7 Å². The molecular weight excluding hydrogens is 1080 g/mol. The Hall–Kier alpha value is -4.99. The first kappa shape index (κ1) is 61.6. The third-order valence-corrected chi connectivity index (χ3v) is 18.3. The van der Waals surface area contributed by atoms with Crippen molar-refractivity contribution in [2.24, 2.45) is 0 Å². The number of fused-ring (bicyclic) bond motifs is 2. The largest absolute Gasteiger partial charge is 2.00 e. The zero-order chi connectivity index (χ0) is 51.7. The average molecular weight is 1150 g/mol. The van der Waals surface area contributed by atoms with Gasteiger partial charge in [-0.25, -0.2) is 0 Å². The van der Waals surface area contributed by atoms with Crippen molar-refractivity contribution in [3.8, 4) is 11.1 Å². The van der Waals surface area contributed by atoms with E-state index in [1.165, 1.54) is 137 Å². The molecule has 0 saturated carbocycles. The molecule has 0 aliphatic rings. The average Bonchev–Trinajstić information content (AvgIpc) is 3.28. The second-order valence-electron chi connectivity index (χ2n) is 20.4.